The van der Waals surface area contributed by atoms with Crippen LogP contribution in [0.1, 0.15) is 32.6 Å². The van der Waals surface area contributed by atoms with Crippen molar-refractivity contribution in [1.82, 2.24) is 9.80 Å². The fourth-order valence-corrected chi connectivity index (χ4v) is 3.61. The van der Waals surface area contributed by atoms with Gasteiger partial charge in [-0.2, -0.15) is 0 Å². The zero-order valence-electron chi connectivity index (χ0n) is 15.6. The lowest BCUT2D eigenvalue weighted by molar-refractivity contribution is -0.140. The Bertz CT molecular complexity index is 640. The molecule has 1 aromatic rings. The van der Waals surface area contributed by atoms with E-state index < -0.39 is 0 Å². The monoisotopic (exact) mass is 360 g/mol. The van der Waals surface area contributed by atoms with Gasteiger partial charge < -0.3 is 19.3 Å². The Labute approximate surface area is 155 Å². The molecule has 1 atom stereocenters. The number of carbonyl (C=O) groups excluding carboxylic acids is 2. The van der Waals surface area contributed by atoms with Crippen LogP contribution in [0.2, 0.25) is 0 Å². The molecule has 2 aliphatic rings. The summed E-state index contributed by atoms with van der Waals surface area (Å²) in [5.74, 6) is 1.81. The predicted molar refractivity (Wildman–Crippen MR) is 98.2 cm³/mol. The first-order valence-electron chi connectivity index (χ1n) is 9.49. The lowest BCUT2D eigenvalue weighted by Gasteiger charge is -2.35. The van der Waals surface area contributed by atoms with Gasteiger partial charge in [-0.05, 0) is 31.4 Å². The van der Waals surface area contributed by atoms with Gasteiger partial charge in [0.2, 0.25) is 11.8 Å². The number of fused-ring (bicyclic) bond motifs is 1. The average molecular weight is 360 g/mol. The van der Waals surface area contributed by atoms with E-state index in [-0.39, 0.29) is 23.8 Å². The van der Waals surface area contributed by atoms with Gasteiger partial charge in [-0.3, -0.25) is 9.59 Å². The third-order valence-electron chi connectivity index (χ3n) is 5.08. The number of rotatable bonds is 5. The van der Waals surface area contributed by atoms with Crippen LogP contribution < -0.4 is 9.47 Å². The van der Waals surface area contributed by atoms with Crippen LogP contribution in [0, 0.1) is 5.92 Å². The second kappa shape index (κ2) is 8.43. The minimum atomic E-state index is -0.162. The Morgan fingerprint density at radius 2 is 1.88 bits per heavy atom. The Morgan fingerprint density at radius 3 is 2.58 bits per heavy atom. The van der Waals surface area contributed by atoms with E-state index in [1.807, 2.05) is 43.1 Å². The maximum atomic E-state index is 12.7. The molecule has 0 spiro atoms. The maximum Gasteiger partial charge on any atom is 0.225 e. The molecule has 0 aromatic heterocycles. The Balaban J connectivity index is 1.48. The number of likely N-dealkylation sites (N-methyl/N-ethyl adjacent to an activating group) is 1. The van der Waals surface area contributed by atoms with E-state index >= 15 is 0 Å². The van der Waals surface area contributed by atoms with E-state index in [2.05, 4.69) is 0 Å². The summed E-state index contributed by atoms with van der Waals surface area (Å²) in [6.45, 7) is 4.32. The number of benzene rings is 1. The second-order valence-electron chi connectivity index (χ2n) is 7.12. The van der Waals surface area contributed by atoms with Crippen LogP contribution in [-0.4, -0.2) is 61.0 Å². The molecule has 6 heteroatoms. The van der Waals surface area contributed by atoms with Gasteiger partial charge in [0, 0.05) is 32.5 Å². The van der Waals surface area contributed by atoms with Crippen LogP contribution in [0.5, 0.6) is 11.5 Å². The van der Waals surface area contributed by atoms with Crippen LogP contribution in [-0.2, 0) is 9.59 Å². The molecule has 2 aliphatic heterocycles. The molecule has 1 fully saturated rings. The number of piperidine rings is 1. The molecule has 3 rings (SSSR count). The molecule has 1 saturated heterocycles. The first kappa shape index (κ1) is 18.5. The topological polar surface area (TPSA) is 59.1 Å². The van der Waals surface area contributed by atoms with Crippen molar-refractivity contribution < 1.29 is 19.1 Å². The third kappa shape index (κ3) is 4.29. The molecule has 0 saturated carbocycles. The number of nitrogens with zero attached hydrogens (tertiary/aromatic N) is 2. The number of para-hydroxylation sites is 2. The van der Waals surface area contributed by atoms with Crippen molar-refractivity contribution in [3.63, 3.8) is 0 Å². The van der Waals surface area contributed by atoms with Crippen LogP contribution in [0.15, 0.2) is 24.3 Å². The van der Waals surface area contributed by atoms with E-state index in [0.29, 0.717) is 32.7 Å². The number of hydrogen-bond acceptors (Lipinski definition) is 4. The third-order valence-corrected chi connectivity index (χ3v) is 5.08. The van der Waals surface area contributed by atoms with E-state index in [1.54, 1.807) is 4.90 Å². The van der Waals surface area contributed by atoms with Crippen LogP contribution >= 0.6 is 0 Å². The van der Waals surface area contributed by atoms with Crippen LogP contribution in [0.3, 0.4) is 0 Å². The molecule has 6 nitrogen and oxygen atoms in total. The van der Waals surface area contributed by atoms with E-state index in [4.69, 9.17) is 9.47 Å². The molecule has 1 aromatic carbocycles. The maximum absolute atomic E-state index is 12.7. The molecular formula is C20H28N2O4. The molecular weight excluding hydrogens is 332 g/mol. The summed E-state index contributed by atoms with van der Waals surface area (Å²) in [6, 6.07) is 7.59. The number of amides is 2. The van der Waals surface area contributed by atoms with E-state index in [0.717, 1.165) is 30.8 Å². The van der Waals surface area contributed by atoms with Gasteiger partial charge in [-0.25, -0.2) is 0 Å². The van der Waals surface area contributed by atoms with Crippen molar-refractivity contribution in [2.24, 2.45) is 5.92 Å². The van der Waals surface area contributed by atoms with Crippen molar-refractivity contribution in [2.75, 3.05) is 33.3 Å². The number of ether oxygens (including phenoxy) is 2. The highest BCUT2D eigenvalue weighted by atomic mass is 16.6. The van der Waals surface area contributed by atoms with Gasteiger partial charge in [0.15, 0.2) is 17.6 Å². The van der Waals surface area contributed by atoms with Gasteiger partial charge >= 0.3 is 0 Å². The molecule has 2 amide bonds. The molecule has 0 radical (unpaired) electrons. The lowest BCUT2D eigenvalue weighted by Crippen LogP contribution is -2.47. The van der Waals surface area contributed by atoms with Crippen molar-refractivity contribution in [3.8, 4) is 11.5 Å². The molecule has 0 N–H and O–H groups in total. The molecule has 0 aliphatic carbocycles. The van der Waals surface area contributed by atoms with Gasteiger partial charge in [0.1, 0.15) is 6.61 Å². The minimum absolute atomic E-state index is 0.0116. The lowest BCUT2D eigenvalue weighted by atomic mass is 9.95. The van der Waals surface area contributed by atoms with Gasteiger partial charge in [0.05, 0.1) is 6.54 Å². The zero-order valence-corrected chi connectivity index (χ0v) is 15.6. The fourth-order valence-electron chi connectivity index (χ4n) is 3.61. The molecule has 142 valence electrons. The summed E-state index contributed by atoms with van der Waals surface area (Å²) < 4.78 is 11.7. The number of hydrogen-bond donors (Lipinski definition) is 0. The Hall–Kier alpha value is -2.24. The largest absolute Gasteiger partial charge is 0.486 e. The van der Waals surface area contributed by atoms with Crippen molar-refractivity contribution in [1.29, 1.82) is 0 Å². The minimum Gasteiger partial charge on any atom is -0.486 e. The summed E-state index contributed by atoms with van der Waals surface area (Å²) in [4.78, 5) is 28.4. The van der Waals surface area contributed by atoms with Crippen molar-refractivity contribution >= 4 is 11.8 Å². The highest BCUT2D eigenvalue weighted by molar-refractivity contribution is 5.80. The standard InChI is InChI=1S/C20H28N2O4/c1-3-6-19(23)22-11-9-15(10-12-22)20(24)21(2)13-16-14-25-17-7-4-5-8-18(17)26-16/h4-5,7-8,15-16H,3,6,9-14H2,1-2H3. The molecule has 26 heavy (non-hydrogen) atoms. The molecule has 0 bridgehead atoms. The quantitative estimate of drug-likeness (QED) is 0.809. The zero-order chi connectivity index (χ0) is 18.5. The van der Waals surface area contributed by atoms with E-state index in [9.17, 15) is 9.59 Å². The number of carbonyl (C=O) groups is 2. The van der Waals surface area contributed by atoms with Crippen molar-refractivity contribution in [3.05, 3.63) is 24.3 Å². The average Bonchev–Trinajstić information content (AvgIpc) is 2.67. The van der Waals surface area contributed by atoms with Crippen LogP contribution in [0.25, 0.3) is 0 Å². The van der Waals surface area contributed by atoms with Crippen LogP contribution in [0.4, 0.5) is 0 Å². The highest BCUT2D eigenvalue weighted by Crippen LogP contribution is 2.31. The molecule has 1 unspecified atom stereocenters. The van der Waals surface area contributed by atoms with Crippen molar-refractivity contribution in [2.45, 2.75) is 38.7 Å². The summed E-state index contributed by atoms with van der Waals surface area (Å²) in [6.07, 6.45) is 2.78. The van der Waals surface area contributed by atoms with Gasteiger partial charge in [-0.15, -0.1) is 0 Å². The van der Waals surface area contributed by atoms with E-state index in [1.165, 1.54) is 0 Å². The summed E-state index contributed by atoms with van der Waals surface area (Å²) in [7, 11) is 1.82. The molecule has 2 heterocycles. The second-order valence-corrected chi connectivity index (χ2v) is 7.12. The fraction of sp³-hybridized carbons (Fsp3) is 0.600. The summed E-state index contributed by atoms with van der Waals surface area (Å²) in [5.41, 5.74) is 0. The Kier molecular flexibility index (Phi) is 6.01. The van der Waals surface area contributed by atoms with Gasteiger partial charge in [0.25, 0.3) is 0 Å². The summed E-state index contributed by atoms with van der Waals surface area (Å²) in [5, 5.41) is 0. The Morgan fingerprint density at radius 1 is 1.19 bits per heavy atom. The smallest absolute Gasteiger partial charge is 0.225 e. The first-order valence-corrected chi connectivity index (χ1v) is 9.49. The van der Waals surface area contributed by atoms with Gasteiger partial charge in [-0.1, -0.05) is 19.1 Å². The number of likely N-dealkylation sites (tertiary alicyclic amines) is 1. The SMILES string of the molecule is CCCC(=O)N1CCC(C(=O)N(C)CC2COc3ccccc3O2)CC1. The predicted octanol–water partition coefficient (Wildman–Crippen LogP) is 2.32. The first-order chi connectivity index (χ1) is 12.6. The normalized spacial score (nSPS) is 19.9. The summed E-state index contributed by atoms with van der Waals surface area (Å²) >= 11 is 0. The highest BCUT2D eigenvalue weighted by Gasteiger charge is 2.31.